The zero-order valence-corrected chi connectivity index (χ0v) is 22.9. The van der Waals surface area contributed by atoms with Gasteiger partial charge in [-0.2, -0.15) is 0 Å². The van der Waals surface area contributed by atoms with E-state index >= 15 is 0 Å². The summed E-state index contributed by atoms with van der Waals surface area (Å²) in [4.78, 5) is 43.8. The molecule has 0 aliphatic heterocycles. The van der Waals surface area contributed by atoms with Crippen molar-refractivity contribution in [2.75, 3.05) is 13.2 Å². The second kappa shape index (κ2) is 17.8. The Labute approximate surface area is 250 Å². The molecule has 18 nitrogen and oxygen atoms in total. The van der Waals surface area contributed by atoms with Gasteiger partial charge in [0.05, 0.1) is 13.2 Å². The van der Waals surface area contributed by atoms with Gasteiger partial charge in [-0.05, 0) is 13.8 Å². The zero-order valence-electron chi connectivity index (χ0n) is 20.7. The second-order valence-corrected chi connectivity index (χ2v) is 7.68. The van der Waals surface area contributed by atoms with Crippen LogP contribution in [0.3, 0.4) is 0 Å². The van der Waals surface area contributed by atoms with Crippen LogP contribution in [-0.4, -0.2) is 174 Å². The van der Waals surface area contributed by atoms with Crippen molar-refractivity contribution in [3.05, 3.63) is 24.3 Å². The van der Waals surface area contributed by atoms with E-state index in [0.29, 0.717) is 0 Å². The number of aliphatic hydroxyl groups excluding tert-OH is 8. The molecule has 0 amide bonds. The Kier molecular flexibility index (Phi) is 19.0. The second-order valence-electron chi connectivity index (χ2n) is 7.68. The minimum atomic E-state index is -3.61. The normalized spacial score (nSPS) is 18.4. The number of hydrogen-bond acceptors (Lipinski definition) is 18. The Bertz CT molecular complexity index is 809. The Balaban J connectivity index is -0.000000648. The summed E-state index contributed by atoms with van der Waals surface area (Å²) in [6, 6.07) is 0. The van der Waals surface area contributed by atoms with Gasteiger partial charge >= 0.3 is 49.7 Å². The van der Waals surface area contributed by atoms with Gasteiger partial charge in [-0.25, -0.2) is 9.59 Å². The summed E-state index contributed by atoms with van der Waals surface area (Å²) in [7, 11) is 0. The van der Waals surface area contributed by atoms with Crippen LogP contribution in [0.2, 0.25) is 0 Å². The first-order valence-electron chi connectivity index (χ1n) is 10.1. The van der Waals surface area contributed by atoms with Crippen LogP contribution in [0.5, 0.6) is 0 Å². The van der Waals surface area contributed by atoms with Crippen molar-refractivity contribution < 1.29 is 89.9 Å². The molecule has 0 spiro atoms. The summed E-state index contributed by atoms with van der Waals surface area (Å²) in [6.07, 6.45) is -13.8. The van der Waals surface area contributed by atoms with E-state index in [0.717, 1.165) is 13.8 Å². The van der Waals surface area contributed by atoms with Crippen molar-refractivity contribution in [3.63, 3.8) is 0 Å². The van der Waals surface area contributed by atoms with Crippen LogP contribution in [0, 0.1) is 0 Å². The van der Waals surface area contributed by atoms with Crippen molar-refractivity contribution in [2.24, 2.45) is 0 Å². The third-order valence-corrected chi connectivity index (χ3v) is 4.39. The zero-order chi connectivity index (χ0) is 30.8. The average molecular weight is 599 g/mol. The van der Waals surface area contributed by atoms with Crippen molar-refractivity contribution in [2.45, 2.75) is 62.0 Å². The predicted octanol–water partition coefficient (Wildman–Crippen LogP) is -9.14. The van der Waals surface area contributed by atoms with Crippen LogP contribution in [0.1, 0.15) is 13.8 Å². The predicted molar refractivity (Wildman–Crippen MR) is 118 cm³/mol. The fourth-order valence-electron chi connectivity index (χ4n) is 2.00. The first-order valence-corrected chi connectivity index (χ1v) is 10.1. The molecule has 0 heterocycles. The van der Waals surface area contributed by atoms with E-state index in [9.17, 15) is 60.0 Å². The minimum absolute atomic E-state index is 0. The number of carbonyl (C=O) groups excluding carboxylic acids is 4. The van der Waals surface area contributed by atoms with Gasteiger partial charge < -0.3 is 80.3 Å². The van der Waals surface area contributed by atoms with Gasteiger partial charge in [0.25, 0.3) is 11.6 Å². The Morgan fingerprint density at radius 3 is 1.08 bits per heavy atom. The number of aliphatic carboxylic acids is 2. The average Bonchev–Trinajstić information content (AvgIpc) is 2.85. The molecule has 8 atom stereocenters. The number of ether oxygens (including phenoxy) is 2. The van der Waals surface area contributed by atoms with Gasteiger partial charge in [0.15, 0.2) is 12.2 Å². The molecule has 0 rings (SSSR count). The van der Waals surface area contributed by atoms with Gasteiger partial charge in [0.1, 0.15) is 36.4 Å². The summed E-state index contributed by atoms with van der Waals surface area (Å²) in [5.41, 5.74) is -0.576. The number of rotatable bonds is 14. The van der Waals surface area contributed by atoms with Gasteiger partial charge in [-0.15, -0.1) is 0 Å². The maximum absolute atomic E-state index is 11.2. The number of carboxylic acid groups (broad SMARTS) is 2. The summed E-state index contributed by atoms with van der Waals surface area (Å²) in [5.74, 6) is -14.8. The number of hydrogen-bond donors (Lipinski definition) is 10. The molecule has 10 N–H and O–H groups in total. The first kappa shape index (κ1) is 41.7. The largest absolute Gasteiger partial charge is 2.00 e. The van der Waals surface area contributed by atoms with Crippen LogP contribution < -0.4 is 10.2 Å². The SMILES string of the molecule is C=C(C)C(=O)O[C@](O)(C(=O)[O-])[C@@H](O)[C@H](O)[C@H](O)CO.C=C(C)C(=O)O[C@](O)(C(=O)[O-])[C@@H](O)[C@H](O)[C@H](O)CO.[Ca+2]. The molecule has 0 unspecified atom stereocenters. The molecule has 19 heteroatoms. The molecule has 220 valence electrons. The maximum atomic E-state index is 11.2. The smallest absolute Gasteiger partial charge is 0.543 e. The van der Waals surface area contributed by atoms with Crippen LogP contribution in [0.25, 0.3) is 0 Å². The van der Waals surface area contributed by atoms with Gasteiger partial charge in [0.2, 0.25) is 0 Å². The van der Waals surface area contributed by atoms with Gasteiger partial charge in [0, 0.05) is 11.1 Å². The minimum Gasteiger partial charge on any atom is -0.543 e. The monoisotopic (exact) mass is 598 g/mol. The molecule has 0 aromatic rings. The number of aliphatic hydroxyl groups is 10. The fraction of sp³-hybridized carbons (Fsp3) is 0.600. The third-order valence-electron chi connectivity index (χ3n) is 4.39. The molecule has 0 aliphatic carbocycles. The molecule has 0 aromatic carbocycles. The van der Waals surface area contributed by atoms with Crippen molar-refractivity contribution in [3.8, 4) is 0 Å². The Morgan fingerprint density at radius 1 is 0.692 bits per heavy atom. The Morgan fingerprint density at radius 2 is 0.923 bits per heavy atom. The molecule has 0 saturated carbocycles. The molecule has 0 aliphatic rings. The quantitative estimate of drug-likeness (QED) is 0.0384. The fourth-order valence-corrected chi connectivity index (χ4v) is 2.00. The summed E-state index contributed by atoms with van der Waals surface area (Å²) in [6.45, 7) is 6.46. The Hall–Kier alpha value is -1.78. The van der Waals surface area contributed by atoms with E-state index in [2.05, 4.69) is 22.6 Å². The van der Waals surface area contributed by atoms with Crippen LogP contribution in [0.15, 0.2) is 24.3 Å². The topological polar surface area (TPSA) is 335 Å². The molecule has 39 heavy (non-hydrogen) atoms. The molecule has 0 bridgehead atoms. The molecular formula is C20H30CaO18. The van der Waals surface area contributed by atoms with E-state index in [1.54, 1.807) is 0 Å². The van der Waals surface area contributed by atoms with E-state index in [4.69, 9.17) is 20.4 Å². The van der Waals surface area contributed by atoms with Gasteiger partial charge in [-0.3, -0.25) is 0 Å². The number of carboxylic acids is 2. The van der Waals surface area contributed by atoms with Gasteiger partial charge in [-0.1, -0.05) is 13.2 Å². The standard InChI is InChI=1S/2C10H16O9.Ca/c2*1-4(2)8(15)19-10(18,9(16)17)7(14)6(13)5(12)3-11;/h2*5-7,11-14,18H,1,3H2,2H3,(H,16,17);/q;;+2/p-2/t2*5-,6-,7+,10+;/m11./s1. The van der Waals surface area contributed by atoms with E-state index in [1.165, 1.54) is 0 Å². The van der Waals surface area contributed by atoms with Crippen molar-refractivity contribution in [1.82, 2.24) is 0 Å². The summed E-state index contributed by atoms with van der Waals surface area (Å²) < 4.78 is 8.18. The first-order chi connectivity index (χ1) is 17.1. The molecular weight excluding hydrogens is 568 g/mol. The molecule has 0 aromatic heterocycles. The van der Waals surface area contributed by atoms with Crippen LogP contribution in [0.4, 0.5) is 0 Å². The van der Waals surface area contributed by atoms with E-state index < -0.39 is 85.3 Å². The van der Waals surface area contributed by atoms with Crippen molar-refractivity contribution in [1.29, 1.82) is 0 Å². The molecule has 0 fully saturated rings. The van der Waals surface area contributed by atoms with Crippen molar-refractivity contribution >= 4 is 61.6 Å². The third kappa shape index (κ3) is 11.7. The van der Waals surface area contributed by atoms with Crippen LogP contribution in [-0.2, 0) is 28.7 Å². The number of esters is 2. The molecule has 0 radical (unpaired) electrons. The molecule has 0 saturated heterocycles. The number of carbonyl (C=O) groups is 4. The van der Waals surface area contributed by atoms with Crippen LogP contribution >= 0.6 is 0 Å². The summed E-state index contributed by atoms with van der Waals surface area (Å²) >= 11 is 0. The summed E-state index contributed by atoms with van der Waals surface area (Å²) in [5, 5.41) is 113. The maximum Gasteiger partial charge on any atom is 2.00 e. The van der Waals surface area contributed by atoms with E-state index in [1.807, 2.05) is 0 Å². The van der Waals surface area contributed by atoms with E-state index in [-0.39, 0.29) is 48.9 Å².